The molecule has 0 radical (unpaired) electrons. The maximum absolute atomic E-state index is 5.97. The Morgan fingerprint density at radius 2 is 1.67 bits per heavy atom. The number of hydrogen-bond donors (Lipinski definition) is 0. The molecule has 0 bridgehead atoms. The third kappa shape index (κ3) is 5.55. The zero-order valence-electron chi connectivity index (χ0n) is 20.6. The fourth-order valence-corrected chi connectivity index (χ4v) is 5.53. The molecule has 4 heteroatoms. The Hall–Kier alpha value is -3.76. The summed E-state index contributed by atoms with van der Waals surface area (Å²) in [6, 6.07) is 29.4. The number of pyridine rings is 1. The van der Waals surface area contributed by atoms with Crippen molar-refractivity contribution in [1.82, 2.24) is 0 Å². The number of rotatable bonds is 9. The fourth-order valence-electron chi connectivity index (χ4n) is 4.43. The van der Waals surface area contributed by atoms with E-state index >= 15 is 0 Å². The summed E-state index contributed by atoms with van der Waals surface area (Å²) < 4.78 is 8.30. The van der Waals surface area contributed by atoms with Crippen LogP contribution in [0.25, 0.3) is 17.0 Å². The molecule has 0 fully saturated rings. The highest BCUT2D eigenvalue weighted by Crippen LogP contribution is 2.45. The van der Waals surface area contributed by atoms with Gasteiger partial charge in [-0.05, 0) is 42.0 Å². The first kappa shape index (κ1) is 24.0. The number of aromatic nitrogens is 1. The van der Waals surface area contributed by atoms with E-state index in [9.17, 15) is 0 Å². The molecule has 2 heterocycles. The number of hydrogen-bond acceptors (Lipinski definition) is 3. The van der Waals surface area contributed by atoms with Gasteiger partial charge in [0.05, 0.1) is 22.6 Å². The summed E-state index contributed by atoms with van der Waals surface area (Å²) in [6.07, 6.45) is 14.1. The van der Waals surface area contributed by atoms with Crippen LogP contribution in [0.5, 0.6) is 5.75 Å². The lowest BCUT2D eigenvalue weighted by Crippen LogP contribution is -2.33. The molecular weight excluding hydrogens is 460 g/mol. The third-order valence-corrected chi connectivity index (χ3v) is 7.25. The molecule has 1 aromatic heterocycles. The molecule has 0 saturated carbocycles. The Morgan fingerprint density at radius 1 is 0.861 bits per heavy atom. The van der Waals surface area contributed by atoms with Crippen molar-refractivity contribution in [3.8, 4) is 5.75 Å². The molecule has 3 nitrogen and oxygen atoms in total. The topological polar surface area (TPSA) is 16.4 Å². The van der Waals surface area contributed by atoms with Crippen molar-refractivity contribution in [2.75, 3.05) is 18.1 Å². The SMILES string of the molecule is CCC[n+]1ccc(/C=C/C=C/C=C2\Sc3ccccc3N2CCOc2ccccc2)c2ccccc21. The highest BCUT2D eigenvalue weighted by Gasteiger charge is 2.24. The van der Waals surface area contributed by atoms with E-state index in [1.165, 1.54) is 32.1 Å². The highest BCUT2D eigenvalue weighted by atomic mass is 32.2. The Morgan fingerprint density at radius 3 is 2.56 bits per heavy atom. The van der Waals surface area contributed by atoms with E-state index < -0.39 is 0 Å². The van der Waals surface area contributed by atoms with Crippen molar-refractivity contribution in [3.05, 3.63) is 126 Å². The first-order valence-electron chi connectivity index (χ1n) is 12.5. The van der Waals surface area contributed by atoms with Crippen LogP contribution in [0, 0.1) is 0 Å². The van der Waals surface area contributed by atoms with Gasteiger partial charge < -0.3 is 9.64 Å². The minimum Gasteiger partial charge on any atom is -0.492 e. The summed E-state index contributed by atoms with van der Waals surface area (Å²) in [7, 11) is 0. The summed E-state index contributed by atoms with van der Waals surface area (Å²) in [6.45, 7) is 4.67. The monoisotopic (exact) mass is 491 g/mol. The van der Waals surface area contributed by atoms with Gasteiger partial charge in [-0.2, -0.15) is 4.57 Å². The number of allylic oxidation sites excluding steroid dienone is 4. The van der Waals surface area contributed by atoms with E-state index in [-0.39, 0.29) is 0 Å². The number of fused-ring (bicyclic) bond motifs is 2. The average molecular weight is 492 g/mol. The average Bonchev–Trinajstić information content (AvgIpc) is 3.27. The Labute approximate surface area is 218 Å². The van der Waals surface area contributed by atoms with Crippen molar-refractivity contribution in [3.63, 3.8) is 0 Å². The van der Waals surface area contributed by atoms with Crippen LogP contribution in [-0.2, 0) is 6.54 Å². The van der Waals surface area contributed by atoms with E-state index in [2.05, 4.69) is 108 Å². The smallest absolute Gasteiger partial charge is 0.213 e. The lowest BCUT2D eigenvalue weighted by Gasteiger charge is -2.20. The second kappa shape index (κ2) is 11.8. The standard InChI is InChI=1S/C32H31N2OS/c1-2-22-33-23-21-26(28-16-9-10-17-29(28)33)13-5-3-8-20-32-34(30-18-11-12-19-31(30)36-32)24-25-35-27-14-6-4-7-15-27/h3-21,23H,2,22,24-25H2,1H3/q+1. The summed E-state index contributed by atoms with van der Waals surface area (Å²) in [4.78, 5) is 3.62. The molecule has 0 spiro atoms. The van der Waals surface area contributed by atoms with Gasteiger partial charge in [-0.25, -0.2) is 0 Å². The molecule has 0 unspecified atom stereocenters. The van der Waals surface area contributed by atoms with Crippen LogP contribution in [0.15, 0.2) is 125 Å². The third-order valence-electron chi connectivity index (χ3n) is 6.12. The van der Waals surface area contributed by atoms with Crippen LogP contribution in [0.1, 0.15) is 18.9 Å². The molecule has 0 saturated heterocycles. The zero-order valence-corrected chi connectivity index (χ0v) is 21.4. The first-order valence-corrected chi connectivity index (χ1v) is 13.3. The summed E-state index contributed by atoms with van der Waals surface area (Å²) in [5.41, 5.74) is 3.75. The van der Waals surface area contributed by atoms with E-state index in [4.69, 9.17) is 4.74 Å². The normalized spacial score (nSPS) is 14.4. The molecule has 0 amide bonds. The minimum atomic E-state index is 0.624. The lowest BCUT2D eigenvalue weighted by molar-refractivity contribution is -0.671. The van der Waals surface area contributed by atoms with Crippen LogP contribution in [-0.4, -0.2) is 13.2 Å². The number of anilines is 1. The van der Waals surface area contributed by atoms with Crippen LogP contribution in [0.2, 0.25) is 0 Å². The Balaban J connectivity index is 1.29. The molecule has 1 aliphatic rings. The van der Waals surface area contributed by atoms with Crippen molar-refractivity contribution in [2.24, 2.45) is 0 Å². The van der Waals surface area contributed by atoms with Gasteiger partial charge in [0, 0.05) is 23.4 Å². The minimum absolute atomic E-state index is 0.624. The highest BCUT2D eigenvalue weighted by molar-refractivity contribution is 8.03. The van der Waals surface area contributed by atoms with E-state index in [1.807, 2.05) is 30.3 Å². The maximum atomic E-state index is 5.97. The number of thioether (sulfide) groups is 1. The van der Waals surface area contributed by atoms with Crippen molar-refractivity contribution < 1.29 is 9.30 Å². The first-order chi connectivity index (χ1) is 17.8. The van der Waals surface area contributed by atoms with Gasteiger partial charge in [0.25, 0.3) is 0 Å². The van der Waals surface area contributed by atoms with E-state index in [0.29, 0.717) is 6.61 Å². The van der Waals surface area contributed by atoms with Gasteiger partial charge in [0.1, 0.15) is 18.9 Å². The molecule has 36 heavy (non-hydrogen) atoms. The molecule has 4 aromatic rings. The van der Waals surface area contributed by atoms with Crippen molar-refractivity contribution in [1.29, 1.82) is 0 Å². The number of benzene rings is 3. The second-order valence-electron chi connectivity index (χ2n) is 8.61. The molecule has 5 rings (SSSR count). The van der Waals surface area contributed by atoms with Crippen LogP contribution in [0.3, 0.4) is 0 Å². The molecule has 1 aliphatic heterocycles. The van der Waals surface area contributed by atoms with Crippen LogP contribution >= 0.6 is 11.8 Å². The Bertz CT molecular complexity index is 1410. The van der Waals surface area contributed by atoms with Gasteiger partial charge in [-0.3, -0.25) is 0 Å². The quantitative estimate of drug-likeness (QED) is 0.177. The Kier molecular flexibility index (Phi) is 7.84. The van der Waals surface area contributed by atoms with Gasteiger partial charge in [-0.1, -0.05) is 85.5 Å². The maximum Gasteiger partial charge on any atom is 0.213 e. The molecule has 0 aliphatic carbocycles. The van der Waals surface area contributed by atoms with E-state index in [1.54, 1.807) is 11.8 Å². The number of nitrogens with zero attached hydrogens (tertiary/aromatic N) is 2. The van der Waals surface area contributed by atoms with Gasteiger partial charge in [0.2, 0.25) is 5.52 Å². The van der Waals surface area contributed by atoms with E-state index in [0.717, 1.165) is 25.3 Å². The number of ether oxygens (including phenoxy) is 1. The molecular formula is C32H31N2OS+. The van der Waals surface area contributed by atoms with Gasteiger partial charge >= 0.3 is 0 Å². The molecule has 180 valence electrons. The summed E-state index contributed by atoms with van der Waals surface area (Å²) >= 11 is 1.81. The van der Waals surface area contributed by atoms with Crippen molar-refractivity contribution in [2.45, 2.75) is 24.8 Å². The second-order valence-corrected chi connectivity index (χ2v) is 9.68. The predicted molar refractivity (Wildman–Crippen MR) is 152 cm³/mol. The van der Waals surface area contributed by atoms with Crippen molar-refractivity contribution >= 4 is 34.4 Å². The zero-order chi connectivity index (χ0) is 24.6. The van der Waals surface area contributed by atoms with Gasteiger partial charge in [0.15, 0.2) is 6.20 Å². The lowest BCUT2D eigenvalue weighted by atomic mass is 10.1. The van der Waals surface area contributed by atoms with Crippen LogP contribution in [0.4, 0.5) is 5.69 Å². The molecule has 0 N–H and O–H groups in total. The largest absolute Gasteiger partial charge is 0.492 e. The van der Waals surface area contributed by atoms with Crippen LogP contribution < -0.4 is 14.2 Å². The number of aryl methyl sites for hydroxylation is 1. The predicted octanol–water partition coefficient (Wildman–Crippen LogP) is 7.64. The molecule has 3 aromatic carbocycles. The summed E-state index contributed by atoms with van der Waals surface area (Å²) in [5, 5.41) is 2.49. The van der Waals surface area contributed by atoms with Gasteiger partial charge in [-0.15, -0.1) is 0 Å². The number of para-hydroxylation sites is 3. The fraction of sp³-hybridized carbons (Fsp3) is 0.156. The summed E-state index contributed by atoms with van der Waals surface area (Å²) in [5.74, 6) is 0.904. The molecule has 0 atom stereocenters.